The highest BCUT2D eigenvalue weighted by Gasteiger charge is 2.44. The van der Waals surface area contributed by atoms with E-state index < -0.39 is 0 Å². The number of piperidine rings is 1. The summed E-state index contributed by atoms with van der Waals surface area (Å²) in [5.41, 5.74) is 0.328. The molecule has 0 aliphatic carbocycles. The molecular formula is C12H27NO. The largest absolute Gasteiger partial charge is 0.298 e. The van der Waals surface area contributed by atoms with Gasteiger partial charge in [0, 0.05) is 12.5 Å². The Morgan fingerprint density at radius 2 is 1.64 bits per heavy atom. The van der Waals surface area contributed by atoms with Crippen LogP contribution in [0.25, 0.3) is 0 Å². The first kappa shape index (κ1) is 12.0. The van der Waals surface area contributed by atoms with Gasteiger partial charge in [-0.05, 0) is 53.4 Å². The summed E-state index contributed by atoms with van der Waals surface area (Å²) in [6.45, 7) is 14.3. The lowest BCUT2D eigenvalue weighted by Gasteiger charge is -2.53. The molecule has 0 unspecified atom stereocenters. The van der Waals surface area contributed by atoms with Crippen molar-refractivity contribution in [2.45, 2.75) is 65.5 Å². The fraction of sp³-hybridized carbons (Fsp3) is 1.00. The van der Waals surface area contributed by atoms with E-state index in [0.717, 1.165) is 12.5 Å². The van der Waals surface area contributed by atoms with Crippen LogP contribution in [0.5, 0.6) is 0 Å². The zero-order valence-electron chi connectivity index (χ0n) is 10.6. The van der Waals surface area contributed by atoms with Crippen LogP contribution in [0.15, 0.2) is 0 Å². The van der Waals surface area contributed by atoms with Crippen LogP contribution in [0, 0.1) is 5.92 Å². The van der Waals surface area contributed by atoms with Gasteiger partial charge in [-0.1, -0.05) is 6.92 Å². The van der Waals surface area contributed by atoms with Crippen LogP contribution in [0.3, 0.4) is 0 Å². The Hall–Kier alpha value is -0.0800. The Morgan fingerprint density at radius 1 is 1.21 bits per heavy atom. The van der Waals surface area contributed by atoms with Crippen LogP contribution in [0.1, 0.15) is 55.8 Å². The quantitative estimate of drug-likeness (QED) is 0.681. The van der Waals surface area contributed by atoms with Crippen LogP contribution >= 0.6 is 0 Å². The second-order valence-electron chi connectivity index (χ2n) is 5.85. The van der Waals surface area contributed by atoms with E-state index in [4.69, 9.17) is 4.84 Å². The highest BCUT2D eigenvalue weighted by atomic mass is 16.7. The smallest absolute Gasteiger partial charge is 0.0657 e. The molecule has 1 aliphatic heterocycles. The van der Waals surface area contributed by atoms with Gasteiger partial charge in [-0.2, -0.15) is 5.06 Å². The van der Waals surface area contributed by atoms with Crippen LogP contribution in [0.2, 0.25) is 0 Å². The van der Waals surface area contributed by atoms with Crippen LogP contribution in [0.4, 0.5) is 0 Å². The van der Waals surface area contributed by atoms with E-state index in [1.807, 2.05) is 0 Å². The fourth-order valence-corrected chi connectivity index (χ4v) is 3.24. The Balaban J connectivity index is 0.00000196. The van der Waals surface area contributed by atoms with E-state index in [1.54, 1.807) is 0 Å². The van der Waals surface area contributed by atoms with Crippen molar-refractivity contribution in [2.75, 3.05) is 6.61 Å². The maximum atomic E-state index is 5.80. The summed E-state index contributed by atoms with van der Waals surface area (Å²) >= 11 is 0. The number of hydrogen-bond donors (Lipinski definition) is 0. The van der Waals surface area contributed by atoms with Crippen LogP contribution < -0.4 is 0 Å². The molecule has 1 aliphatic rings. The third-order valence-electron chi connectivity index (χ3n) is 3.05. The minimum atomic E-state index is 0. The second-order valence-corrected chi connectivity index (χ2v) is 5.85. The van der Waals surface area contributed by atoms with Gasteiger partial charge in [-0.15, -0.1) is 0 Å². The van der Waals surface area contributed by atoms with Crippen molar-refractivity contribution in [1.29, 1.82) is 0 Å². The number of rotatable bonds is 2. The minimum absolute atomic E-state index is 0. The van der Waals surface area contributed by atoms with Gasteiger partial charge < -0.3 is 0 Å². The van der Waals surface area contributed by atoms with Gasteiger partial charge in [-0.25, -0.2) is 0 Å². The Bertz CT molecular complexity index is 186. The summed E-state index contributed by atoms with van der Waals surface area (Å²) in [4.78, 5) is 5.80. The van der Waals surface area contributed by atoms with Crippen molar-refractivity contribution in [2.24, 2.45) is 5.92 Å². The van der Waals surface area contributed by atoms with Crippen molar-refractivity contribution in [3.8, 4) is 0 Å². The Morgan fingerprint density at radius 3 is 2.00 bits per heavy atom. The first-order valence-electron chi connectivity index (χ1n) is 5.73. The maximum Gasteiger partial charge on any atom is 0.0657 e. The number of nitrogens with zero attached hydrogens (tertiary/aromatic N) is 1. The van der Waals surface area contributed by atoms with Gasteiger partial charge in [0.1, 0.15) is 0 Å². The molecule has 0 aromatic carbocycles. The lowest BCUT2D eigenvalue weighted by atomic mass is 9.76. The molecule has 86 valence electrons. The number of hydroxylamine groups is 2. The fourth-order valence-electron chi connectivity index (χ4n) is 3.24. The van der Waals surface area contributed by atoms with E-state index in [9.17, 15) is 0 Å². The van der Waals surface area contributed by atoms with E-state index in [2.05, 4.69) is 46.6 Å². The van der Waals surface area contributed by atoms with Gasteiger partial charge >= 0.3 is 0 Å². The molecule has 0 radical (unpaired) electrons. The van der Waals surface area contributed by atoms with Crippen molar-refractivity contribution in [3.05, 3.63) is 0 Å². The first-order valence-corrected chi connectivity index (χ1v) is 5.73. The minimum Gasteiger partial charge on any atom is -0.298 e. The van der Waals surface area contributed by atoms with Gasteiger partial charge in [0.15, 0.2) is 0 Å². The van der Waals surface area contributed by atoms with Crippen molar-refractivity contribution >= 4 is 0 Å². The standard InChI is InChI=1S/C12H25NO.H2/c1-7-14-13-11(3,4)8-10(2)9-12(13,5)6;/h10H,7-9H2,1-6H3;1H/i;1+2. The normalized spacial score (nSPS) is 27.9. The molecule has 1 saturated heterocycles. The molecule has 0 N–H and O–H groups in total. The lowest BCUT2D eigenvalue weighted by Crippen LogP contribution is -2.59. The molecule has 0 aromatic heterocycles. The third-order valence-corrected chi connectivity index (χ3v) is 3.05. The van der Waals surface area contributed by atoms with E-state index in [0.29, 0.717) is 0 Å². The van der Waals surface area contributed by atoms with E-state index in [-0.39, 0.29) is 12.5 Å². The molecular weight excluding hydrogens is 174 g/mol. The predicted molar refractivity (Wildman–Crippen MR) is 62.1 cm³/mol. The molecule has 1 rings (SSSR count). The molecule has 14 heavy (non-hydrogen) atoms. The van der Waals surface area contributed by atoms with Gasteiger partial charge in [0.05, 0.1) is 6.61 Å². The molecule has 2 heteroatoms. The zero-order chi connectivity index (χ0) is 11.0. The summed E-state index contributed by atoms with van der Waals surface area (Å²) in [5, 5.41) is 2.21. The molecule has 0 aromatic rings. The van der Waals surface area contributed by atoms with Gasteiger partial charge in [0.25, 0.3) is 0 Å². The van der Waals surface area contributed by atoms with Gasteiger partial charge in [-0.3, -0.25) is 4.84 Å². The third kappa shape index (κ3) is 2.29. The van der Waals surface area contributed by atoms with Crippen LogP contribution in [-0.4, -0.2) is 22.7 Å². The molecule has 0 amide bonds. The summed E-state index contributed by atoms with van der Waals surface area (Å²) < 4.78 is 0. The zero-order valence-corrected chi connectivity index (χ0v) is 10.6. The molecule has 2 nitrogen and oxygen atoms in total. The maximum absolute atomic E-state index is 5.80. The second kappa shape index (κ2) is 3.82. The van der Waals surface area contributed by atoms with Gasteiger partial charge in [0.2, 0.25) is 0 Å². The molecule has 1 heterocycles. The van der Waals surface area contributed by atoms with E-state index in [1.165, 1.54) is 12.8 Å². The molecule has 1 fully saturated rings. The summed E-state index contributed by atoms with van der Waals surface area (Å²) in [6.07, 6.45) is 2.44. The SMILES string of the molecule is CCON1C(C)(C)CC(C)CC1(C)C.[3HH]. The molecule has 0 bridgehead atoms. The average Bonchev–Trinajstić information content (AvgIpc) is 1.94. The highest BCUT2D eigenvalue weighted by molar-refractivity contribution is 4.95. The summed E-state index contributed by atoms with van der Waals surface area (Å²) in [5.74, 6) is 0.789. The monoisotopic (exact) mass is 203 g/mol. The van der Waals surface area contributed by atoms with Crippen molar-refractivity contribution in [3.63, 3.8) is 0 Å². The van der Waals surface area contributed by atoms with Crippen LogP contribution in [-0.2, 0) is 4.84 Å². The van der Waals surface area contributed by atoms with Crippen molar-refractivity contribution in [1.82, 2.24) is 5.06 Å². The predicted octanol–water partition coefficient (Wildman–Crippen LogP) is 3.47. The molecule has 0 saturated carbocycles. The Kier molecular flexibility index (Phi) is 3.27. The first-order chi connectivity index (χ1) is 6.29. The molecule has 0 atom stereocenters. The summed E-state index contributed by atoms with van der Waals surface area (Å²) in [7, 11) is 0. The van der Waals surface area contributed by atoms with E-state index >= 15 is 0 Å². The lowest BCUT2D eigenvalue weighted by molar-refractivity contribution is -0.284. The average molecular weight is 203 g/mol. The Labute approximate surface area is 90.1 Å². The highest BCUT2D eigenvalue weighted by Crippen LogP contribution is 2.41. The number of hydrogen-bond acceptors (Lipinski definition) is 2. The summed E-state index contributed by atoms with van der Waals surface area (Å²) in [6, 6.07) is 0. The van der Waals surface area contributed by atoms with Crippen molar-refractivity contribution < 1.29 is 6.26 Å². The molecule has 0 spiro atoms. The topological polar surface area (TPSA) is 12.5 Å².